The van der Waals surface area contributed by atoms with Crippen molar-refractivity contribution in [1.82, 2.24) is 10.6 Å². The highest BCUT2D eigenvalue weighted by Gasteiger charge is 2.43. The summed E-state index contributed by atoms with van der Waals surface area (Å²) in [7, 11) is 1.50. The molecule has 3 N–H and O–H groups in total. The fourth-order valence-corrected chi connectivity index (χ4v) is 2.85. The molecule has 0 saturated carbocycles. The van der Waals surface area contributed by atoms with Gasteiger partial charge in [0.05, 0.1) is 12.8 Å². The van der Waals surface area contributed by atoms with Gasteiger partial charge in [0.25, 0.3) is 11.8 Å². The van der Waals surface area contributed by atoms with Crippen LogP contribution in [0.3, 0.4) is 0 Å². The smallest absolute Gasteiger partial charge is 0.322 e. The summed E-state index contributed by atoms with van der Waals surface area (Å²) in [6.07, 6.45) is 0. The number of halogens is 1. The normalized spacial score (nSPS) is 18.9. The largest absolute Gasteiger partial charge is 0.495 e. The zero-order chi connectivity index (χ0) is 18.9. The molecule has 2 aromatic carbocycles. The molecule has 0 aliphatic carbocycles. The molecule has 26 heavy (non-hydrogen) atoms. The van der Waals surface area contributed by atoms with Gasteiger partial charge in [-0.05, 0) is 42.8 Å². The lowest BCUT2D eigenvalue weighted by Gasteiger charge is -2.21. The van der Waals surface area contributed by atoms with E-state index in [0.717, 1.165) is 0 Å². The Morgan fingerprint density at radius 1 is 1.15 bits per heavy atom. The van der Waals surface area contributed by atoms with Gasteiger partial charge in [-0.1, -0.05) is 23.7 Å². The van der Waals surface area contributed by atoms with Crippen LogP contribution in [0.2, 0.25) is 5.02 Å². The van der Waals surface area contributed by atoms with Crippen LogP contribution in [0.4, 0.5) is 10.5 Å². The van der Waals surface area contributed by atoms with Gasteiger partial charge in [-0.25, -0.2) is 4.79 Å². The Hall–Kier alpha value is -3.06. The number of hydrogen-bond acceptors (Lipinski definition) is 4. The second-order valence-corrected chi connectivity index (χ2v) is 6.35. The van der Waals surface area contributed by atoms with Gasteiger partial charge < -0.3 is 15.4 Å². The van der Waals surface area contributed by atoms with Crippen LogP contribution in [0.5, 0.6) is 5.75 Å². The Bertz CT molecular complexity index is 898. The molecule has 1 saturated heterocycles. The third kappa shape index (κ3) is 3.21. The Labute approximate surface area is 154 Å². The fourth-order valence-electron chi connectivity index (χ4n) is 2.67. The number of nitrogens with one attached hydrogen (secondary N) is 3. The van der Waals surface area contributed by atoms with E-state index in [1.807, 2.05) is 0 Å². The minimum Gasteiger partial charge on any atom is -0.495 e. The van der Waals surface area contributed by atoms with Crippen molar-refractivity contribution >= 4 is 35.1 Å². The molecule has 1 fully saturated rings. The van der Waals surface area contributed by atoms with E-state index < -0.39 is 17.5 Å². The van der Waals surface area contributed by atoms with Crippen LogP contribution < -0.4 is 20.7 Å². The number of amides is 4. The molecule has 0 bridgehead atoms. The number of benzene rings is 2. The van der Waals surface area contributed by atoms with Gasteiger partial charge in [-0.2, -0.15) is 0 Å². The molecule has 0 radical (unpaired) electrons. The molecule has 2 aromatic rings. The van der Waals surface area contributed by atoms with Crippen molar-refractivity contribution in [2.45, 2.75) is 12.5 Å². The van der Waals surface area contributed by atoms with Gasteiger partial charge >= 0.3 is 6.03 Å². The van der Waals surface area contributed by atoms with Crippen LogP contribution >= 0.6 is 11.6 Å². The van der Waals surface area contributed by atoms with Gasteiger partial charge in [0, 0.05) is 10.6 Å². The number of hydrogen-bond donors (Lipinski definition) is 3. The average molecular weight is 374 g/mol. The molecule has 1 heterocycles. The lowest BCUT2D eigenvalue weighted by atomic mass is 9.91. The molecule has 1 aliphatic rings. The molecular formula is C18H16ClN3O4. The van der Waals surface area contributed by atoms with Crippen molar-refractivity contribution in [3.05, 3.63) is 58.6 Å². The van der Waals surface area contributed by atoms with E-state index >= 15 is 0 Å². The molecule has 0 spiro atoms. The van der Waals surface area contributed by atoms with Crippen molar-refractivity contribution < 1.29 is 19.1 Å². The third-order valence-corrected chi connectivity index (χ3v) is 4.41. The first kappa shape index (κ1) is 17.8. The first-order valence-corrected chi connectivity index (χ1v) is 8.10. The van der Waals surface area contributed by atoms with Crippen molar-refractivity contribution in [2.75, 3.05) is 12.4 Å². The van der Waals surface area contributed by atoms with Crippen molar-refractivity contribution in [3.63, 3.8) is 0 Å². The summed E-state index contributed by atoms with van der Waals surface area (Å²) in [6, 6.07) is 10.7. The predicted octanol–water partition coefficient (Wildman–Crippen LogP) is 2.66. The van der Waals surface area contributed by atoms with Crippen LogP contribution in [0.15, 0.2) is 42.5 Å². The SMILES string of the molecule is COc1ccc(Cl)cc1NC(=O)c1ccc([C@@]2(C)NC(=O)NC2=O)cc1. The minimum atomic E-state index is -1.16. The number of carbonyl (C=O) groups excluding carboxylic acids is 3. The predicted molar refractivity (Wildman–Crippen MR) is 96.4 cm³/mol. The Morgan fingerprint density at radius 2 is 1.85 bits per heavy atom. The van der Waals surface area contributed by atoms with E-state index in [9.17, 15) is 14.4 Å². The first-order chi connectivity index (χ1) is 12.3. The maximum absolute atomic E-state index is 12.5. The Balaban J connectivity index is 1.81. The summed E-state index contributed by atoms with van der Waals surface area (Å²) >= 11 is 5.96. The first-order valence-electron chi connectivity index (χ1n) is 7.72. The van der Waals surface area contributed by atoms with Gasteiger partial charge in [0.15, 0.2) is 0 Å². The number of carbonyl (C=O) groups is 3. The van der Waals surface area contributed by atoms with Crippen molar-refractivity contribution in [3.8, 4) is 5.75 Å². The number of imide groups is 1. The minimum absolute atomic E-state index is 0.359. The van der Waals surface area contributed by atoms with Crippen LogP contribution in [0.1, 0.15) is 22.8 Å². The zero-order valence-corrected chi connectivity index (χ0v) is 14.8. The van der Waals surface area contributed by atoms with E-state index in [1.165, 1.54) is 7.11 Å². The lowest BCUT2D eigenvalue weighted by molar-refractivity contribution is -0.123. The van der Waals surface area contributed by atoms with Crippen molar-refractivity contribution in [2.24, 2.45) is 0 Å². The molecule has 8 heteroatoms. The quantitative estimate of drug-likeness (QED) is 0.718. The second kappa shape index (κ2) is 6.68. The fraction of sp³-hybridized carbons (Fsp3) is 0.167. The number of anilines is 1. The number of urea groups is 1. The van der Waals surface area contributed by atoms with Crippen LogP contribution in [0.25, 0.3) is 0 Å². The molecule has 0 unspecified atom stereocenters. The summed E-state index contributed by atoms with van der Waals surface area (Å²) in [4.78, 5) is 35.8. The Morgan fingerprint density at radius 3 is 2.42 bits per heavy atom. The molecule has 3 rings (SSSR count). The summed E-state index contributed by atoms with van der Waals surface area (Å²) in [5.41, 5.74) is 0.229. The standard InChI is InChI=1S/C18H16ClN3O4/c1-18(16(24)21-17(25)22-18)11-5-3-10(4-6-11)15(23)20-13-9-12(19)7-8-14(13)26-2/h3-9H,1-2H3,(H,20,23)(H2,21,22,24,25)/t18-/m1/s1. The van der Waals surface area contributed by atoms with E-state index in [-0.39, 0.29) is 5.91 Å². The van der Waals surface area contributed by atoms with E-state index in [0.29, 0.717) is 27.6 Å². The van der Waals surface area contributed by atoms with Gasteiger partial charge in [0.2, 0.25) is 0 Å². The lowest BCUT2D eigenvalue weighted by Crippen LogP contribution is -2.40. The zero-order valence-electron chi connectivity index (χ0n) is 14.1. The Kier molecular flexibility index (Phi) is 4.56. The topological polar surface area (TPSA) is 96.5 Å². The second-order valence-electron chi connectivity index (χ2n) is 5.91. The molecule has 1 aliphatic heterocycles. The summed E-state index contributed by atoms with van der Waals surface area (Å²) in [5.74, 6) is -0.317. The molecule has 0 aromatic heterocycles. The average Bonchev–Trinajstić information content (AvgIpc) is 2.88. The third-order valence-electron chi connectivity index (χ3n) is 4.18. The van der Waals surface area contributed by atoms with E-state index in [2.05, 4.69) is 16.0 Å². The monoisotopic (exact) mass is 373 g/mol. The van der Waals surface area contributed by atoms with Gasteiger partial charge in [0.1, 0.15) is 11.3 Å². The van der Waals surface area contributed by atoms with Crippen LogP contribution in [0, 0.1) is 0 Å². The summed E-state index contributed by atoms with van der Waals surface area (Å²) in [5, 5.41) is 7.97. The summed E-state index contributed by atoms with van der Waals surface area (Å²) < 4.78 is 5.20. The van der Waals surface area contributed by atoms with Crippen LogP contribution in [-0.2, 0) is 10.3 Å². The molecular weight excluding hydrogens is 358 g/mol. The maximum atomic E-state index is 12.5. The van der Waals surface area contributed by atoms with E-state index in [1.54, 1.807) is 49.4 Å². The molecule has 1 atom stereocenters. The highest BCUT2D eigenvalue weighted by atomic mass is 35.5. The van der Waals surface area contributed by atoms with Crippen molar-refractivity contribution in [1.29, 1.82) is 0 Å². The number of ether oxygens (including phenoxy) is 1. The number of rotatable bonds is 4. The van der Waals surface area contributed by atoms with Gasteiger partial charge in [-0.15, -0.1) is 0 Å². The van der Waals surface area contributed by atoms with Crippen LogP contribution in [-0.4, -0.2) is 25.0 Å². The molecule has 134 valence electrons. The maximum Gasteiger partial charge on any atom is 0.322 e. The highest BCUT2D eigenvalue weighted by molar-refractivity contribution is 6.31. The highest BCUT2D eigenvalue weighted by Crippen LogP contribution is 2.29. The van der Waals surface area contributed by atoms with E-state index in [4.69, 9.17) is 16.3 Å². The molecule has 4 amide bonds. The summed E-state index contributed by atoms with van der Waals surface area (Å²) in [6.45, 7) is 1.60. The molecule has 7 nitrogen and oxygen atoms in total. The number of methoxy groups -OCH3 is 1. The van der Waals surface area contributed by atoms with Gasteiger partial charge in [-0.3, -0.25) is 14.9 Å².